The van der Waals surface area contributed by atoms with E-state index in [4.69, 9.17) is 9.15 Å². The molecule has 0 N–H and O–H groups in total. The summed E-state index contributed by atoms with van der Waals surface area (Å²) >= 11 is 1.59. The van der Waals surface area contributed by atoms with Gasteiger partial charge < -0.3 is 9.15 Å². The summed E-state index contributed by atoms with van der Waals surface area (Å²) in [5, 5.41) is 2.94. The standard InChI is InChI=1S/C23H19NO3S/c1-16(25)24(18-7-4-3-5-8-18)21(23-9-6-12-28-23)13-17-15-27-22-11-10-19(26-2)14-20(17)22/h3-15H,1-2H3/b21-13-. The summed E-state index contributed by atoms with van der Waals surface area (Å²) in [6, 6.07) is 19.3. The molecule has 2 aromatic heterocycles. The third-order valence-electron chi connectivity index (χ3n) is 4.45. The van der Waals surface area contributed by atoms with Crippen molar-refractivity contribution >= 4 is 45.7 Å². The first-order valence-electron chi connectivity index (χ1n) is 8.84. The molecule has 4 nitrogen and oxygen atoms in total. The fraction of sp³-hybridized carbons (Fsp3) is 0.0870. The van der Waals surface area contributed by atoms with Gasteiger partial charge in [0.2, 0.25) is 5.91 Å². The van der Waals surface area contributed by atoms with Crippen LogP contribution in [-0.2, 0) is 4.79 Å². The molecule has 1 amide bonds. The number of benzene rings is 2. The molecule has 5 heteroatoms. The molecule has 0 saturated heterocycles. The Morgan fingerprint density at radius 2 is 1.93 bits per heavy atom. The van der Waals surface area contributed by atoms with E-state index in [1.54, 1.807) is 36.5 Å². The van der Waals surface area contributed by atoms with Crippen LogP contribution in [0.4, 0.5) is 5.69 Å². The van der Waals surface area contributed by atoms with Gasteiger partial charge in [-0.25, -0.2) is 0 Å². The number of rotatable bonds is 5. The van der Waals surface area contributed by atoms with Crippen LogP contribution in [0.5, 0.6) is 5.75 Å². The van der Waals surface area contributed by atoms with Gasteiger partial charge in [-0.1, -0.05) is 24.3 Å². The van der Waals surface area contributed by atoms with Gasteiger partial charge in [0.05, 0.1) is 23.9 Å². The van der Waals surface area contributed by atoms with E-state index in [1.807, 2.05) is 72.1 Å². The lowest BCUT2D eigenvalue weighted by Gasteiger charge is -2.24. The van der Waals surface area contributed by atoms with Crippen LogP contribution in [0.2, 0.25) is 0 Å². The van der Waals surface area contributed by atoms with E-state index in [-0.39, 0.29) is 5.91 Å². The number of carbonyl (C=O) groups is 1. The molecule has 4 rings (SSSR count). The minimum Gasteiger partial charge on any atom is -0.497 e. The monoisotopic (exact) mass is 389 g/mol. The molecule has 0 spiro atoms. The van der Waals surface area contributed by atoms with Crippen molar-refractivity contribution < 1.29 is 13.9 Å². The van der Waals surface area contributed by atoms with E-state index in [2.05, 4.69) is 0 Å². The van der Waals surface area contributed by atoms with Gasteiger partial charge in [-0.05, 0) is 47.9 Å². The van der Waals surface area contributed by atoms with Crippen LogP contribution in [0, 0.1) is 0 Å². The third-order valence-corrected chi connectivity index (χ3v) is 5.34. The topological polar surface area (TPSA) is 42.7 Å². The summed E-state index contributed by atoms with van der Waals surface area (Å²) in [4.78, 5) is 15.3. The molecule has 0 unspecified atom stereocenters. The van der Waals surface area contributed by atoms with Crippen LogP contribution in [0.25, 0.3) is 22.7 Å². The first-order chi connectivity index (χ1) is 13.7. The van der Waals surface area contributed by atoms with Crippen molar-refractivity contribution in [2.75, 3.05) is 12.0 Å². The second-order valence-electron chi connectivity index (χ2n) is 6.25. The zero-order chi connectivity index (χ0) is 19.5. The highest BCUT2D eigenvalue weighted by Gasteiger charge is 2.20. The number of furan rings is 1. The average Bonchev–Trinajstić information content (AvgIpc) is 3.38. The number of fused-ring (bicyclic) bond motifs is 1. The maximum atomic E-state index is 12.6. The van der Waals surface area contributed by atoms with Crippen molar-refractivity contribution in [1.82, 2.24) is 0 Å². The predicted molar refractivity (Wildman–Crippen MR) is 115 cm³/mol. The Morgan fingerprint density at radius 1 is 1.11 bits per heavy atom. The van der Waals surface area contributed by atoms with Crippen LogP contribution < -0.4 is 9.64 Å². The van der Waals surface area contributed by atoms with Crippen LogP contribution in [0.1, 0.15) is 17.4 Å². The molecule has 2 aromatic carbocycles. The smallest absolute Gasteiger partial charge is 0.228 e. The maximum Gasteiger partial charge on any atom is 0.228 e. The minimum atomic E-state index is -0.0590. The molecular formula is C23H19NO3S. The normalized spacial score (nSPS) is 11.6. The number of hydrogen-bond acceptors (Lipinski definition) is 4. The number of para-hydroxylation sites is 1. The molecule has 140 valence electrons. The van der Waals surface area contributed by atoms with Gasteiger partial charge in [0.15, 0.2) is 0 Å². The van der Waals surface area contributed by atoms with E-state index in [1.165, 1.54) is 0 Å². The highest BCUT2D eigenvalue weighted by atomic mass is 32.1. The van der Waals surface area contributed by atoms with Gasteiger partial charge in [-0.15, -0.1) is 11.3 Å². The summed E-state index contributed by atoms with van der Waals surface area (Å²) < 4.78 is 11.1. The minimum absolute atomic E-state index is 0.0590. The molecular weight excluding hydrogens is 370 g/mol. The number of carbonyl (C=O) groups excluding carboxylic acids is 1. The molecule has 0 atom stereocenters. The molecule has 0 radical (unpaired) electrons. The van der Waals surface area contributed by atoms with E-state index in [9.17, 15) is 4.79 Å². The Hall–Kier alpha value is -3.31. The quantitative estimate of drug-likeness (QED) is 0.417. The van der Waals surface area contributed by atoms with Crippen LogP contribution in [0.3, 0.4) is 0 Å². The molecule has 0 aliphatic heterocycles. The number of amides is 1. The third kappa shape index (κ3) is 3.44. The Balaban J connectivity index is 1.91. The summed E-state index contributed by atoms with van der Waals surface area (Å²) in [6.07, 6.45) is 3.70. The zero-order valence-electron chi connectivity index (χ0n) is 15.6. The highest BCUT2D eigenvalue weighted by molar-refractivity contribution is 7.11. The van der Waals surface area contributed by atoms with E-state index >= 15 is 0 Å². The largest absolute Gasteiger partial charge is 0.497 e. The molecule has 0 bridgehead atoms. The van der Waals surface area contributed by atoms with Crippen molar-refractivity contribution in [3.63, 3.8) is 0 Å². The zero-order valence-corrected chi connectivity index (χ0v) is 16.4. The molecule has 2 heterocycles. The van der Waals surface area contributed by atoms with Crippen LogP contribution >= 0.6 is 11.3 Å². The second kappa shape index (κ2) is 7.74. The lowest BCUT2D eigenvalue weighted by molar-refractivity contribution is -0.115. The molecule has 0 saturated carbocycles. The summed E-state index contributed by atoms with van der Waals surface area (Å²) in [6.45, 7) is 1.57. The SMILES string of the molecule is COc1ccc2occ(/C=C(/c3cccs3)N(C(C)=O)c3ccccc3)c2c1. The number of anilines is 1. The molecule has 0 aliphatic rings. The van der Waals surface area contributed by atoms with Gasteiger partial charge >= 0.3 is 0 Å². The number of methoxy groups -OCH3 is 1. The first kappa shape index (κ1) is 18.1. The molecule has 0 fully saturated rings. The van der Waals surface area contributed by atoms with Gasteiger partial charge in [-0.2, -0.15) is 0 Å². The fourth-order valence-corrected chi connectivity index (χ4v) is 3.88. The van der Waals surface area contributed by atoms with Gasteiger partial charge in [0.25, 0.3) is 0 Å². The lowest BCUT2D eigenvalue weighted by Crippen LogP contribution is -2.26. The Labute approximate surface area is 167 Å². The van der Waals surface area contributed by atoms with Crippen molar-refractivity contribution in [2.45, 2.75) is 6.92 Å². The number of hydrogen-bond donors (Lipinski definition) is 0. The van der Waals surface area contributed by atoms with Crippen LogP contribution in [-0.4, -0.2) is 13.0 Å². The van der Waals surface area contributed by atoms with Gasteiger partial charge in [-0.3, -0.25) is 9.69 Å². The number of ether oxygens (including phenoxy) is 1. The average molecular weight is 389 g/mol. The summed E-state index contributed by atoms with van der Waals surface area (Å²) in [7, 11) is 1.64. The van der Waals surface area contributed by atoms with E-state index < -0.39 is 0 Å². The molecule has 4 aromatic rings. The first-order valence-corrected chi connectivity index (χ1v) is 9.72. The highest BCUT2D eigenvalue weighted by Crippen LogP contribution is 2.34. The van der Waals surface area contributed by atoms with Crippen molar-refractivity contribution in [1.29, 1.82) is 0 Å². The fourth-order valence-electron chi connectivity index (χ4n) is 3.15. The molecule has 0 aliphatic carbocycles. The van der Waals surface area contributed by atoms with Gasteiger partial charge in [0, 0.05) is 23.6 Å². The number of nitrogens with zero attached hydrogens (tertiary/aromatic N) is 1. The predicted octanol–water partition coefficient (Wildman–Crippen LogP) is 6.05. The Morgan fingerprint density at radius 3 is 2.61 bits per heavy atom. The van der Waals surface area contributed by atoms with Crippen LogP contribution in [0.15, 0.2) is 76.7 Å². The lowest BCUT2D eigenvalue weighted by atomic mass is 10.1. The summed E-state index contributed by atoms with van der Waals surface area (Å²) in [5.41, 5.74) is 3.28. The second-order valence-corrected chi connectivity index (χ2v) is 7.20. The van der Waals surface area contributed by atoms with E-state index in [0.29, 0.717) is 0 Å². The Bertz CT molecular complexity index is 1130. The van der Waals surface area contributed by atoms with Crippen molar-refractivity contribution in [3.8, 4) is 5.75 Å². The Kier molecular flexibility index (Phi) is 5.00. The van der Waals surface area contributed by atoms with E-state index in [0.717, 1.165) is 38.5 Å². The van der Waals surface area contributed by atoms with Crippen molar-refractivity contribution in [2.24, 2.45) is 0 Å². The number of thiophene rings is 1. The maximum absolute atomic E-state index is 12.6. The molecule has 28 heavy (non-hydrogen) atoms. The van der Waals surface area contributed by atoms with Crippen molar-refractivity contribution in [3.05, 3.63) is 82.7 Å². The van der Waals surface area contributed by atoms with Gasteiger partial charge in [0.1, 0.15) is 11.3 Å². The summed E-state index contributed by atoms with van der Waals surface area (Å²) in [5.74, 6) is 0.698.